The van der Waals surface area contributed by atoms with E-state index < -0.39 is 5.97 Å². The Bertz CT molecular complexity index is 974. The zero-order chi connectivity index (χ0) is 18.1. The van der Waals surface area contributed by atoms with Gasteiger partial charge in [-0.05, 0) is 49.1 Å². The molecule has 130 valence electrons. The molecule has 0 saturated carbocycles. The van der Waals surface area contributed by atoms with Crippen molar-refractivity contribution >= 4 is 51.4 Å². The Morgan fingerprint density at radius 2 is 2.08 bits per heavy atom. The van der Waals surface area contributed by atoms with Crippen LogP contribution in [-0.2, 0) is 11.3 Å². The second-order valence-corrected chi connectivity index (χ2v) is 6.84. The lowest BCUT2D eigenvalue weighted by Gasteiger charge is -2.10. The fourth-order valence-corrected chi connectivity index (χ4v) is 3.89. The van der Waals surface area contributed by atoms with Gasteiger partial charge in [0, 0.05) is 22.5 Å². The van der Waals surface area contributed by atoms with Crippen molar-refractivity contribution in [1.82, 2.24) is 4.57 Å². The number of hydrogen-bond acceptors (Lipinski definition) is 4. The third kappa shape index (κ3) is 3.03. The van der Waals surface area contributed by atoms with E-state index in [0.29, 0.717) is 27.8 Å². The van der Waals surface area contributed by atoms with E-state index in [9.17, 15) is 9.59 Å². The molecular weight excluding hydrogens is 360 g/mol. The van der Waals surface area contributed by atoms with Gasteiger partial charge in [-0.3, -0.25) is 4.79 Å². The Balaban J connectivity index is 2.05. The Hall–Kier alpha value is -2.31. The Morgan fingerprint density at radius 3 is 2.76 bits per heavy atom. The van der Waals surface area contributed by atoms with Crippen LogP contribution in [0, 0.1) is 6.92 Å². The molecule has 25 heavy (non-hydrogen) atoms. The molecule has 3 rings (SSSR count). The van der Waals surface area contributed by atoms with Crippen LogP contribution in [-0.4, -0.2) is 23.6 Å². The van der Waals surface area contributed by atoms with Gasteiger partial charge >= 0.3 is 5.97 Å². The molecule has 7 heteroatoms. The zero-order valence-electron chi connectivity index (χ0n) is 14.1. The van der Waals surface area contributed by atoms with Gasteiger partial charge < -0.3 is 14.6 Å². The number of fused-ring (bicyclic) bond motifs is 1. The molecule has 0 saturated heterocycles. The number of anilines is 1. The molecule has 0 aliphatic rings. The number of methoxy groups -OCH3 is 1. The molecule has 1 aromatic carbocycles. The topological polar surface area (TPSA) is 60.3 Å². The van der Waals surface area contributed by atoms with Crippen LogP contribution >= 0.6 is 22.9 Å². The number of nitrogens with zero attached hydrogens (tertiary/aromatic N) is 1. The number of nitrogens with one attached hydrogen (secondary N) is 1. The lowest BCUT2D eigenvalue weighted by Crippen LogP contribution is -2.19. The van der Waals surface area contributed by atoms with E-state index in [1.807, 2.05) is 36.6 Å². The number of carbonyl (C=O) groups is 2. The summed E-state index contributed by atoms with van der Waals surface area (Å²) < 4.78 is 6.70. The Morgan fingerprint density at radius 1 is 1.32 bits per heavy atom. The van der Waals surface area contributed by atoms with Crippen molar-refractivity contribution in [3.05, 3.63) is 50.8 Å². The van der Waals surface area contributed by atoms with Crippen LogP contribution in [0.15, 0.2) is 29.6 Å². The number of carbonyl (C=O) groups excluding carboxylic acids is 2. The summed E-state index contributed by atoms with van der Waals surface area (Å²) in [4.78, 5) is 25.1. The van der Waals surface area contributed by atoms with E-state index in [1.165, 1.54) is 18.4 Å². The molecule has 0 fully saturated rings. The van der Waals surface area contributed by atoms with Gasteiger partial charge in [0.15, 0.2) is 0 Å². The van der Waals surface area contributed by atoms with Crippen molar-refractivity contribution in [2.45, 2.75) is 20.4 Å². The fourth-order valence-electron chi connectivity index (χ4n) is 2.96. The third-order valence-corrected chi connectivity index (χ3v) is 5.22. The normalized spacial score (nSPS) is 10.9. The molecule has 0 aliphatic heterocycles. The maximum Gasteiger partial charge on any atom is 0.350 e. The van der Waals surface area contributed by atoms with Crippen LogP contribution in [0.2, 0.25) is 5.02 Å². The van der Waals surface area contributed by atoms with Crippen molar-refractivity contribution < 1.29 is 14.3 Å². The van der Waals surface area contributed by atoms with Crippen molar-refractivity contribution in [3.8, 4) is 0 Å². The van der Waals surface area contributed by atoms with Gasteiger partial charge in [0.2, 0.25) is 0 Å². The molecule has 0 bridgehead atoms. The molecule has 3 aromatic rings. The van der Waals surface area contributed by atoms with Crippen LogP contribution < -0.4 is 5.32 Å². The lowest BCUT2D eigenvalue weighted by atomic mass is 10.1. The van der Waals surface area contributed by atoms with Crippen LogP contribution in [0.3, 0.4) is 0 Å². The average Bonchev–Trinajstić information content (AvgIpc) is 3.16. The molecule has 2 heterocycles. The highest BCUT2D eigenvalue weighted by atomic mass is 35.5. The summed E-state index contributed by atoms with van der Waals surface area (Å²) in [5.41, 5.74) is 2.81. The average molecular weight is 377 g/mol. The summed E-state index contributed by atoms with van der Waals surface area (Å²) in [5.74, 6) is -0.736. The minimum Gasteiger partial charge on any atom is -0.465 e. The Kier molecular flexibility index (Phi) is 4.83. The van der Waals surface area contributed by atoms with E-state index in [1.54, 1.807) is 11.4 Å². The van der Waals surface area contributed by atoms with Gasteiger partial charge in [-0.1, -0.05) is 11.6 Å². The molecule has 1 amide bonds. The molecule has 0 unspecified atom stereocenters. The van der Waals surface area contributed by atoms with Crippen molar-refractivity contribution in [2.75, 3.05) is 12.4 Å². The first-order valence-electron chi connectivity index (χ1n) is 7.73. The predicted octanol–water partition coefficient (Wildman–Crippen LogP) is 4.72. The van der Waals surface area contributed by atoms with E-state index in [4.69, 9.17) is 16.3 Å². The summed E-state index contributed by atoms with van der Waals surface area (Å²) in [5, 5.41) is 6.14. The first-order chi connectivity index (χ1) is 12.0. The summed E-state index contributed by atoms with van der Waals surface area (Å²) in [7, 11) is 1.32. The highest BCUT2D eigenvalue weighted by molar-refractivity contribution is 7.12. The quantitative estimate of drug-likeness (QED) is 0.670. The van der Waals surface area contributed by atoms with E-state index in [0.717, 1.165) is 16.5 Å². The first kappa shape index (κ1) is 17.5. The predicted molar refractivity (Wildman–Crippen MR) is 101 cm³/mol. The van der Waals surface area contributed by atoms with Crippen molar-refractivity contribution in [3.63, 3.8) is 0 Å². The van der Waals surface area contributed by atoms with E-state index in [-0.39, 0.29) is 5.91 Å². The largest absolute Gasteiger partial charge is 0.465 e. The molecule has 5 nitrogen and oxygen atoms in total. The third-order valence-electron chi connectivity index (χ3n) is 4.09. The number of thiophene rings is 1. The zero-order valence-corrected chi connectivity index (χ0v) is 15.6. The molecular formula is C18H17ClN2O3S. The van der Waals surface area contributed by atoms with Crippen LogP contribution in [0.25, 0.3) is 10.9 Å². The van der Waals surface area contributed by atoms with Crippen LogP contribution in [0.4, 0.5) is 5.69 Å². The summed E-state index contributed by atoms with van der Waals surface area (Å²) in [6, 6.07) is 7.28. The highest BCUT2D eigenvalue weighted by Crippen LogP contribution is 2.30. The number of benzene rings is 1. The highest BCUT2D eigenvalue weighted by Gasteiger charge is 2.22. The second kappa shape index (κ2) is 6.90. The smallest absolute Gasteiger partial charge is 0.350 e. The molecule has 0 radical (unpaired) electrons. The maximum absolute atomic E-state index is 12.9. The summed E-state index contributed by atoms with van der Waals surface area (Å²) >= 11 is 7.33. The van der Waals surface area contributed by atoms with Crippen molar-refractivity contribution in [1.29, 1.82) is 0 Å². The summed E-state index contributed by atoms with van der Waals surface area (Å²) in [6.07, 6.45) is 0. The minimum atomic E-state index is -0.468. The van der Waals surface area contributed by atoms with Crippen LogP contribution in [0.5, 0.6) is 0 Å². The number of ether oxygens (including phenoxy) is 1. The van der Waals surface area contributed by atoms with Gasteiger partial charge in [0.1, 0.15) is 10.6 Å². The number of aryl methyl sites for hydroxylation is 2. The van der Waals surface area contributed by atoms with Gasteiger partial charge in [0.05, 0.1) is 12.8 Å². The van der Waals surface area contributed by atoms with Crippen molar-refractivity contribution in [2.24, 2.45) is 0 Å². The number of aromatic nitrogens is 1. The molecule has 1 N–H and O–H groups in total. The fraction of sp³-hybridized carbons (Fsp3) is 0.222. The molecule has 2 aromatic heterocycles. The van der Waals surface area contributed by atoms with E-state index in [2.05, 4.69) is 5.32 Å². The number of rotatable bonds is 4. The molecule has 0 atom stereocenters. The standard InChI is InChI=1S/C18H17ClN2O3S/c1-4-21-14-6-5-11(19)9-12(14)10(2)15(21)17(22)20-13-7-8-25-16(13)18(23)24-3/h5-9H,4H2,1-3H3,(H,20,22). The molecule has 0 spiro atoms. The van der Waals surface area contributed by atoms with Crippen LogP contribution in [0.1, 0.15) is 32.6 Å². The second-order valence-electron chi connectivity index (χ2n) is 5.49. The monoisotopic (exact) mass is 376 g/mol. The van der Waals surface area contributed by atoms with Gasteiger partial charge in [0.25, 0.3) is 5.91 Å². The number of hydrogen-bond donors (Lipinski definition) is 1. The number of esters is 1. The van der Waals surface area contributed by atoms with Gasteiger partial charge in [-0.25, -0.2) is 4.79 Å². The summed E-state index contributed by atoms with van der Waals surface area (Å²) in [6.45, 7) is 4.52. The maximum atomic E-state index is 12.9. The van der Waals surface area contributed by atoms with Gasteiger partial charge in [-0.2, -0.15) is 0 Å². The number of amides is 1. The SMILES string of the molecule is CCn1c(C(=O)Nc2ccsc2C(=O)OC)c(C)c2cc(Cl)ccc21. The van der Waals surface area contributed by atoms with E-state index >= 15 is 0 Å². The molecule has 0 aliphatic carbocycles. The lowest BCUT2D eigenvalue weighted by molar-refractivity contribution is 0.0607. The Labute approximate surface area is 154 Å². The first-order valence-corrected chi connectivity index (χ1v) is 8.99. The number of halogens is 1. The van der Waals surface area contributed by atoms with Gasteiger partial charge in [-0.15, -0.1) is 11.3 Å². The minimum absolute atomic E-state index is 0.268.